The molecule has 0 bridgehead atoms. The summed E-state index contributed by atoms with van der Waals surface area (Å²) in [4.78, 5) is 8.99. The van der Waals surface area contributed by atoms with Gasteiger partial charge in [-0.05, 0) is 13.0 Å². The molecule has 7 heteroatoms. The second-order valence-electron chi connectivity index (χ2n) is 5.36. The minimum atomic E-state index is 0.244. The summed E-state index contributed by atoms with van der Waals surface area (Å²) in [6.45, 7) is 6.82. The number of anilines is 2. The molecule has 0 fully saturated rings. The van der Waals surface area contributed by atoms with Gasteiger partial charge in [0, 0.05) is 37.7 Å². The Morgan fingerprint density at radius 1 is 1.29 bits per heavy atom. The minimum absolute atomic E-state index is 0.244. The molecule has 2 aromatic rings. The van der Waals surface area contributed by atoms with Crippen molar-refractivity contribution in [2.75, 3.05) is 17.3 Å². The van der Waals surface area contributed by atoms with Crippen LogP contribution in [0.4, 0.5) is 11.6 Å². The van der Waals surface area contributed by atoms with E-state index in [4.69, 9.17) is 5.84 Å². The number of nitrogen functional groups attached to an aromatic ring is 1. The first-order valence-corrected chi connectivity index (χ1v) is 7.08. The molecule has 114 valence electrons. The van der Waals surface area contributed by atoms with Crippen molar-refractivity contribution in [1.29, 1.82) is 0 Å². The van der Waals surface area contributed by atoms with Gasteiger partial charge in [-0.1, -0.05) is 13.8 Å². The Balaban J connectivity index is 2.09. The quantitative estimate of drug-likeness (QED) is 0.552. The second kappa shape index (κ2) is 6.53. The Hall–Kier alpha value is -2.15. The molecule has 2 rings (SSSR count). The second-order valence-corrected chi connectivity index (χ2v) is 5.36. The van der Waals surface area contributed by atoms with E-state index in [2.05, 4.69) is 39.7 Å². The van der Waals surface area contributed by atoms with Crippen molar-refractivity contribution in [1.82, 2.24) is 19.7 Å². The van der Waals surface area contributed by atoms with Crippen molar-refractivity contribution in [2.45, 2.75) is 33.1 Å². The first-order valence-electron chi connectivity index (χ1n) is 7.08. The summed E-state index contributed by atoms with van der Waals surface area (Å²) in [7, 11) is 1.92. The van der Waals surface area contributed by atoms with Crippen LogP contribution in [-0.4, -0.2) is 26.3 Å². The van der Waals surface area contributed by atoms with Crippen LogP contribution in [0.2, 0.25) is 0 Å². The zero-order valence-electron chi connectivity index (χ0n) is 13.0. The molecule has 0 aromatic carbocycles. The predicted molar refractivity (Wildman–Crippen MR) is 84.1 cm³/mol. The van der Waals surface area contributed by atoms with Gasteiger partial charge in [-0.25, -0.2) is 15.8 Å². The molecule has 0 saturated heterocycles. The van der Waals surface area contributed by atoms with E-state index < -0.39 is 0 Å². The van der Waals surface area contributed by atoms with Crippen LogP contribution in [0.15, 0.2) is 12.3 Å². The van der Waals surface area contributed by atoms with Gasteiger partial charge in [0.05, 0.1) is 5.69 Å². The first-order chi connectivity index (χ1) is 10.0. The van der Waals surface area contributed by atoms with E-state index in [1.165, 1.54) is 0 Å². The normalized spacial score (nSPS) is 11.0. The number of aryl methyl sites for hydroxylation is 1. The van der Waals surface area contributed by atoms with E-state index >= 15 is 0 Å². The summed E-state index contributed by atoms with van der Waals surface area (Å²) in [5, 5.41) is 7.70. The van der Waals surface area contributed by atoms with Gasteiger partial charge in [-0.2, -0.15) is 5.10 Å². The summed E-state index contributed by atoms with van der Waals surface area (Å²) in [6, 6.07) is 2.01. The largest absolute Gasteiger partial charge is 0.369 e. The zero-order valence-corrected chi connectivity index (χ0v) is 13.0. The molecule has 0 amide bonds. The summed E-state index contributed by atoms with van der Waals surface area (Å²) >= 11 is 0. The number of nitrogens with two attached hydrogens (primary N) is 1. The van der Waals surface area contributed by atoms with Gasteiger partial charge in [-0.15, -0.1) is 0 Å². The van der Waals surface area contributed by atoms with Crippen LogP contribution < -0.4 is 16.6 Å². The lowest BCUT2D eigenvalue weighted by atomic mass is 10.2. The lowest BCUT2D eigenvalue weighted by Gasteiger charge is -2.14. The molecule has 0 aliphatic carbocycles. The summed E-state index contributed by atoms with van der Waals surface area (Å²) < 4.78 is 1.80. The van der Waals surface area contributed by atoms with Crippen molar-refractivity contribution >= 4 is 11.6 Å². The minimum Gasteiger partial charge on any atom is -0.369 e. The molecule has 0 radical (unpaired) electrons. The maximum absolute atomic E-state index is 5.53. The fourth-order valence-electron chi connectivity index (χ4n) is 2.01. The Morgan fingerprint density at radius 3 is 2.57 bits per heavy atom. The average Bonchev–Trinajstić information content (AvgIpc) is 2.86. The van der Waals surface area contributed by atoms with Crippen LogP contribution in [0.1, 0.15) is 36.8 Å². The predicted octanol–water partition coefficient (Wildman–Crippen LogP) is 1.58. The molecular weight excluding hydrogens is 266 g/mol. The first kappa shape index (κ1) is 15.2. The number of hydrogen-bond acceptors (Lipinski definition) is 6. The highest BCUT2D eigenvalue weighted by Gasteiger charge is 2.12. The van der Waals surface area contributed by atoms with Crippen molar-refractivity contribution < 1.29 is 0 Å². The lowest BCUT2D eigenvalue weighted by molar-refractivity contribution is 0.740. The van der Waals surface area contributed by atoms with Crippen LogP contribution >= 0.6 is 0 Å². The number of hydrazine groups is 1. The Bertz CT molecular complexity index is 603. The van der Waals surface area contributed by atoms with Crippen LogP contribution in [-0.2, 0) is 13.5 Å². The molecule has 2 heterocycles. The fraction of sp³-hybridized carbons (Fsp3) is 0.500. The van der Waals surface area contributed by atoms with E-state index in [-0.39, 0.29) is 5.92 Å². The van der Waals surface area contributed by atoms with Gasteiger partial charge in [0.25, 0.3) is 0 Å². The molecule has 4 N–H and O–H groups in total. The Kier molecular flexibility index (Phi) is 4.74. The maximum Gasteiger partial charge on any atom is 0.148 e. The van der Waals surface area contributed by atoms with Crippen LogP contribution in [0.5, 0.6) is 0 Å². The van der Waals surface area contributed by atoms with E-state index in [0.29, 0.717) is 5.82 Å². The van der Waals surface area contributed by atoms with Crippen molar-refractivity contribution in [2.24, 2.45) is 12.9 Å². The smallest absolute Gasteiger partial charge is 0.148 e. The summed E-state index contributed by atoms with van der Waals surface area (Å²) in [5.74, 6) is 8.03. The lowest BCUT2D eigenvalue weighted by Crippen LogP contribution is -2.16. The maximum atomic E-state index is 5.53. The molecule has 0 aliphatic heterocycles. The van der Waals surface area contributed by atoms with E-state index in [1.54, 1.807) is 4.68 Å². The highest BCUT2D eigenvalue weighted by atomic mass is 15.3. The van der Waals surface area contributed by atoms with Crippen LogP contribution in [0.25, 0.3) is 0 Å². The molecule has 0 unspecified atom stereocenters. The molecule has 2 aromatic heterocycles. The van der Waals surface area contributed by atoms with Crippen molar-refractivity contribution in [3.63, 3.8) is 0 Å². The highest BCUT2D eigenvalue weighted by Crippen LogP contribution is 2.22. The van der Waals surface area contributed by atoms with Crippen molar-refractivity contribution in [3.8, 4) is 0 Å². The fourth-order valence-corrected chi connectivity index (χ4v) is 2.01. The van der Waals surface area contributed by atoms with E-state index in [1.807, 2.05) is 26.2 Å². The molecule has 0 atom stereocenters. The van der Waals surface area contributed by atoms with Crippen LogP contribution in [0, 0.1) is 6.92 Å². The third-order valence-electron chi connectivity index (χ3n) is 3.26. The summed E-state index contributed by atoms with van der Waals surface area (Å²) in [5.41, 5.74) is 4.61. The van der Waals surface area contributed by atoms with Gasteiger partial charge in [0.1, 0.15) is 17.5 Å². The molecule has 0 spiro atoms. The highest BCUT2D eigenvalue weighted by molar-refractivity contribution is 5.56. The standard InChI is InChI=1S/C14H23N7/c1-9(2)12-17-13(10(3)14(18-12)19-15)16-7-5-11-6-8-21(4)20-11/h6,8-9H,5,7,15H2,1-4H3,(H2,16,17,18,19). The number of aromatic nitrogens is 4. The van der Waals surface area contributed by atoms with Crippen LogP contribution in [0.3, 0.4) is 0 Å². The monoisotopic (exact) mass is 289 g/mol. The molecule has 21 heavy (non-hydrogen) atoms. The topological polar surface area (TPSA) is 93.7 Å². The SMILES string of the molecule is Cc1c(NN)nc(C(C)C)nc1NCCc1ccn(C)n1. The van der Waals surface area contributed by atoms with Gasteiger partial charge < -0.3 is 10.7 Å². The molecular formula is C14H23N7. The third kappa shape index (κ3) is 3.69. The van der Waals surface area contributed by atoms with Crippen molar-refractivity contribution in [3.05, 3.63) is 29.3 Å². The Labute approximate surface area is 124 Å². The molecule has 0 saturated carbocycles. The number of nitrogens with one attached hydrogen (secondary N) is 2. The average molecular weight is 289 g/mol. The zero-order chi connectivity index (χ0) is 15.4. The molecule has 7 nitrogen and oxygen atoms in total. The van der Waals surface area contributed by atoms with E-state index in [9.17, 15) is 0 Å². The van der Waals surface area contributed by atoms with Gasteiger partial charge >= 0.3 is 0 Å². The van der Waals surface area contributed by atoms with Gasteiger partial charge in [0.15, 0.2) is 0 Å². The van der Waals surface area contributed by atoms with E-state index in [0.717, 1.165) is 35.9 Å². The number of nitrogens with zero attached hydrogens (tertiary/aromatic N) is 4. The third-order valence-corrected chi connectivity index (χ3v) is 3.26. The van der Waals surface area contributed by atoms with Gasteiger partial charge in [-0.3, -0.25) is 4.68 Å². The number of rotatable bonds is 6. The Morgan fingerprint density at radius 2 is 2.00 bits per heavy atom. The summed E-state index contributed by atoms with van der Waals surface area (Å²) in [6.07, 6.45) is 2.78. The molecule has 0 aliphatic rings. The van der Waals surface area contributed by atoms with Gasteiger partial charge in [0.2, 0.25) is 0 Å². The number of hydrogen-bond donors (Lipinski definition) is 3.